The topological polar surface area (TPSA) is 109 Å². The minimum absolute atomic E-state index is 0.0484. The Morgan fingerprint density at radius 3 is 2.11 bits per heavy atom. The first kappa shape index (κ1) is 34.1. The highest BCUT2D eigenvalue weighted by Crippen LogP contribution is 2.46. The van der Waals surface area contributed by atoms with Crippen LogP contribution < -0.4 is 20.1 Å². The summed E-state index contributed by atoms with van der Waals surface area (Å²) >= 11 is 6.82. The molecule has 0 fully saturated rings. The molecule has 0 aliphatic carbocycles. The van der Waals surface area contributed by atoms with E-state index in [4.69, 9.17) is 21.1 Å². The summed E-state index contributed by atoms with van der Waals surface area (Å²) in [6, 6.07) is 14.2. The summed E-state index contributed by atoms with van der Waals surface area (Å²) in [5.41, 5.74) is 1.41. The molecule has 1 unspecified atom stereocenters. The molecular formula is C33H36ClF3N4O4. The van der Waals surface area contributed by atoms with E-state index in [0.29, 0.717) is 48.7 Å². The number of nitrogens with one attached hydrogen (secondary N) is 2. The summed E-state index contributed by atoms with van der Waals surface area (Å²) in [6.07, 6.45) is -4.41. The summed E-state index contributed by atoms with van der Waals surface area (Å²) in [5.74, 6) is 0.711. The third-order valence-corrected chi connectivity index (χ3v) is 7.39. The fraction of sp³-hybridized carbons (Fsp3) is 0.333. The number of alkyl halides is 3. The molecule has 2 aromatic heterocycles. The molecule has 0 spiro atoms. The summed E-state index contributed by atoms with van der Waals surface area (Å²) in [7, 11) is 2.92. The van der Waals surface area contributed by atoms with Crippen molar-refractivity contribution in [1.82, 2.24) is 20.6 Å². The molecule has 0 saturated carbocycles. The Labute approximate surface area is 265 Å². The average molecular weight is 645 g/mol. The van der Waals surface area contributed by atoms with Gasteiger partial charge in [0.1, 0.15) is 5.75 Å². The van der Waals surface area contributed by atoms with Crippen LogP contribution in [0.2, 0.25) is 5.02 Å². The van der Waals surface area contributed by atoms with Crippen molar-refractivity contribution in [3.05, 3.63) is 82.5 Å². The Morgan fingerprint density at radius 1 is 0.844 bits per heavy atom. The molecule has 0 saturated heterocycles. The maximum absolute atomic E-state index is 14.8. The van der Waals surface area contributed by atoms with E-state index in [1.165, 1.54) is 50.7 Å². The molecule has 2 atom stereocenters. The molecule has 12 heteroatoms. The standard InChI is InChI=1S/C33H36ClF3N4O4/c1-19(42)15-38-17-22-9-8-21(14-28(22)44-3)31-30(34)25(12-13-40-31)24-6-5-7-26(29(24)33(35,36)37)27-11-10-23(32(41-27)45-4)18-39-16-20(2)43/h5-14,19-20,38-39,42-43H,15-18H2,1-4H3/t19-,20?/m0/s1. The van der Waals surface area contributed by atoms with Gasteiger partial charge in [0.2, 0.25) is 5.88 Å². The van der Waals surface area contributed by atoms with Crippen molar-refractivity contribution >= 4 is 11.6 Å². The molecule has 240 valence electrons. The lowest BCUT2D eigenvalue weighted by molar-refractivity contribution is -0.136. The number of halogens is 4. The van der Waals surface area contributed by atoms with Gasteiger partial charge < -0.3 is 30.3 Å². The fourth-order valence-electron chi connectivity index (χ4n) is 4.95. The van der Waals surface area contributed by atoms with Gasteiger partial charge in [0.05, 0.1) is 48.4 Å². The van der Waals surface area contributed by atoms with E-state index >= 15 is 0 Å². The zero-order valence-electron chi connectivity index (χ0n) is 25.4. The van der Waals surface area contributed by atoms with Crippen LogP contribution in [0.1, 0.15) is 30.5 Å². The third-order valence-electron chi connectivity index (χ3n) is 7.01. The van der Waals surface area contributed by atoms with Crippen molar-refractivity contribution < 1.29 is 32.9 Å². The summed E-state index contributed by atoms with van der Waals surface area (Å²) in [5, 5.41) is 25.3. The number of methoxy groups -OCH3 is 2. The van der Waals surface area contributed by atoms with E-state index < -0.39 is 23.9 Å². The first-order valence-electron chi connectivity index (χ1n) is 14.3. The van der Waals surface area contributed by atoms with Gasteiger partial charge in [0.15, 0.2) is 0 Å². The van der Waals surface area contributed by atoms with E-state index in [2.05, 4.69) is 20.6 Å². The summed E-state index contributed by atoms with van der Waals surface area (Å²) < 4.78 is 55.5. The maximum Gasteiger partial charge on any atom is 0.417 e. The Hall–Kier alpha value is -3.74. The number of ether oxygens (including phenoxy) is 2. The molecule has 8 nitrogen and oxygen atoms in total. The zero-order valence-corrected chi connectivity index (χ0v) is 26.1. The van der Waals surface area contributed by atoms with Crippen LogP contribution in [0.5, 0.6) is 11.6 Å². The second kappa shape index (κ2) is 15.0. The minimum Gasteiger partial charge on any atom is -0.496 e. The number of nitrogens with zero attached hydrogens (tertiary/aromatic N) is 2. The lowest BCUT2D eigenvalue weighted by atomic mass is 9.92. The van der Waals surface area contributed by atoms with Crippen molar-refractivity contribution in [3.63, 3.8) is 0 Å². The number of hydrogen-bond donors (Lipinski definition) is 4. The molecule has 0 aliphatic rings. The third kappa shape index (κ3) is 8.30. The van der Waals surface area contributed by atoms with Crippen LogP contribution in [0, 0.1) is 0 Å². The van der Waals surface area contributed by atoms with Gasteiger partial charge >= 0.3 is 6.18 Å². The van der Waals surface area contributed by atoms with Crippen molar-refractivity contribution in [2.75, 3.05) is 27.3 Å². The number of aromatic nitrogens is 2. The van der Waals surface area contributed by atoms with Gasteiger partial charge in [-0.2, -0.15) is 13.2 Å². The van der Waals surface area contributed by atoms with Crippen LogP contribution in [0.3, 0.4) is 0 Å². The Morgan fingerprint density at radius 2 is 1.49 bits per heavy atom. The molecule has 2 heterocycles. The summed E-state index contributed by atoms with van der Waals surface area (Å²) in [6.45, 7) is 4.80. The van der Waals surface area contributed by atoms with Crippen LogP contribution in [-0.4, -0.2) is 59.7 Å². The smallest absolute Gasteiger partial charge is 0.417 e. The zero-order chi connectivity index (χ0) is 32.7. The average Bonchev–Trinajstić information content (AvgIpc) is 3.00. The molecule has 45 heavy (non-hydrogen) atoms. The van der Waals surface area contributed by atoms with Crippen molar-refractivity contribution in [1.29, 1.82) is 0 Å². The second-order valence-electron chi connectivity index (χ2n) is 10.6. The lowest BCUT2D eigenvalue weighted by Crippen LogP contribution is -2.24. The highest BCUT2D eigenvalue weighted by molar-refractivity contribution is 6.35. The number of aliphatic hydroxyl groups is 2. The van der Waals surface area contributed by atoms with Gasteiger partial charge in [0, 0.05) is 60.2 Å². The lowest BCUT2D eigenvalue weighted by Gasteiger charge is -2.20. The van der Waals surface area contributed by atoms with Crippen molar-refractivity contribution in [2.24, 2.45) is 0 Å². The van der Waals surface area contributed by atoms with Gasteiger partial charge in [-0.05, 0) is 37.6 Å². The maximum atomic E-state index is 14.8. The molecule has 0 aliphatic heterocycles. The predicted octanol–water partition coefficient (Wildman–Crippen LogP) is 6.11. The monoisotopic (exact) mass is 644 g/mol. The largest absolute Gasteiger partial charge is 0.496 e. The molecular weight excluding hydrogens is 609 g/mol. The molecule has 4 N–H and O–H groups in total. The number of aliphatic hydroxyl groups excluding tert-OH is 2. The van der Waals surface area contributed by atoms with Gasteiger partial charge in [-0.1, -0.05) is 48.0 Å². The fourth-order valence-corrected chi connectivity index (χ4v) is 5.27. The van der Waals surface area contributed by atoms with Gasteiger partial charge in [0.25, 0.3) is 0 Å². The Kier molecular flexibility index (Phi) is 11.4. The van der Waals surface area contributed by atoms with E-state index in [9.17, 15) is 23.4 Å². The normalized spacial score (nSPS) is 13.0. The number of hydrogen-bond acceptors (Lipinski definition) is 8. The van der Waals surface area contributed by atoms with Crippen molar-refractivity contribution in [3.8, 4) is 45.3 Å². The Balaban J connectivity index is 1.77. The van der Waals surface area contributed by atoms with Crippen LogP contribution in [0.15, 0.2) is 60.8 Å². The SMILES string of the molecule is COc1cc(-c2nccc(-c3cccc(-c4ccc(CNCC(C)O)c(OC)n4)c3C(F)(F)F)c2Cl)ccc1CNC[C@H](C)O. The predicted molar refractivity (Wildman–Crippen MR) is 168 cm³/mol. The highest BCUT2D eigenvalue weighted by Gasteiger charge is 2.38. The van der Waals surface area contributed by atoms with Gasteiger partial charge in [-0.3, -0.25) is 4.98 Å². The first-order chi connectivity index (χ1) is 21.4. The second-order valence-corrected chi connectivity index (χ2v) is 11.0. The van der Waals surface area contributed by atoms with Crippen molar-refractivity contribution in [2.45, 2.75) is 45.3 Å². The van der Waals surface area contributed by atoms with E-state index in [1.54, 1.807) is 32.0 Å². The van der Waals surface area contributed by atoms with E-state index in [1.807, 2.05) is 6.07 Å². The van der Waals surface area contributed by atoms with Crippen LogP contribution in [0.25, 0.3) is 33.6 Å². The minimum atomic E-state index is -4.75. The Bertz CT molecular complexity index is 1620. The molecule has 4 rings (SSSR count). The first-order valence-corrected chi connectivity index (χ1v) is 14.7. The van der Waals surface area contributed by atoms with Gasteiger partial charge in [-0.25, -0.2) is 4.98 Å². The molecule has 0 bridgehead atoms. The van der Waals surface area contributed by atoms with Crippen LogP contribution >= 0.6 is 11.6 Å². The van der Waals surface area contributed by atoms with Crippen LogP contribution in [0.4, 0.5) is 13.2 Å². The molecule has 4 aromatic rings. The van der Waals surface area contributed by atoms with Crippen LogP contribution in [-0.2, 0) is 19.3 Å². The van der Waals surface area contributed by atoms with E-state index in [0.717, 1.165) is 5.56 Å². The summed E-state index contributed by atoms with van der Waals surface area (Å²) in [4.78, 5) is 8.81. The quantitative estimate of drug-likeness (QED) is 0.138. The number of benzene rings is 2. The number of rotatable bonds is 13. The molecule has 0 radical (unpaired) electrons. The highest BCUT2D eigenvalue weighted by atomic mass is 35.5. The molecule has 2 aromatic carbocycles. The number of pyridine rings is 2. The van der Waals surface area contributed by atoms with Gasteiger partial charge in [-0.15, -0.1) is 0 Å². The molecule has 0 amide bonds. The van der Waals surface area contributed by atoms with E-state index in [-0.39, 0.29) is 33.3 Å².